The molecule has 3 aromatic rings. The monoisotopic (exact) mass is 449 g/mol. The van der Waals surface area contributed by atoms with Gasteiger partial charge in [-0.15, -0.1) is 0 Å². The lowest BCUT2D eigenvalue weighted by atomic mass is 10.1. The van der Waals surface area contributed by atoms with Crippen LogP contribution in [-0.4, -0.2) is 49.9 Å². The first-order valence-corrected chi connectivity index (χ1v) is 9.62. The van der Waals surface area contributed by atoms with Gasteiger partial charge in [-0.2, -0.15) is 13.2 Å². The van der Waals surface area contributed by atoms with Crippen LogP contribution in [0.1, 0.15) is 28.9 Å². The van der Waals surface area contributed by atoms with Crippen molar-refractivity contribution in [3.8, 4) is 17.2 Å². The second-order valence-corrected chi connectivity index (χ2v) is 6.65. The van der Waals surface area contributed by atoms with Crippen molar-refractivity contribution in [2.24, 2.45) is 0 Å². The van der Waals surface area contributed by atoms with E-state index in [1.54, 1.807) is 13.0 Å². The summed E-state index contributed by atoms with van der Waals surface area (Å²) in [7, 11) is 2.67. The van der Waals surface area contributed by atoms with Gasteiger partial charge in [0.2, 0.25) is 13.7 Å². The minimum atomic E-state index is -4.63. The van der Waals surface area contributed by atoms with Crippen LogP contribution in [0.4, 0.5) is 18.0 Å². The fourth-order valence-electron chi connectivity index (χ4n) is 3.05. The molecule has 0 radical (unpaired) electrons. The number of pyridine rings is 1. The molecule has 0 saturated carbocycles. The van der Waals surface area contributed by atoms with Gasteiger partial charge in [-0.1, -0.05) is 0 Å². The number of amides is 1. The molecule has 2 heterocycles. The third kappa shape index (κ3) is 4.84. The quantitative estimate of drug-likeness (QED) is 0.437. The number of ether oxygens (including phenoxy) is 2. The number of halogens is 3. The molecule has 8 nitrogen and oxygen atoms in total. The summed E-state index contributed by atoms with van der Waals surface area (Å²) >= 11 is 0. The normalized spacial score (nSPS) is 11.4. The number of carbonyl (C=O) groups is 2. The summed E-state index contributed by atoms with van der Waals surface area (Å²) < 4.78 is 55.4. The molecule has 168 valence electrons. The van der Waals surface area contributed by atoms with E-state index >= 15 is 0 Å². The molecule has 1 amide bonds. The molecule has 32 heavy (non-hydrogen) atoms. The Morgan fingerprint density at radius 2 is 1.94 bits per heavy atom. The van der Waals surface area contributed by atoms with Crippen LogP contribution in [0.5, 0.6) is 5.75 Å². The summed E-state index contributed by atoms with van der Waals surface area (Å²) in [6.45, 7) is 1.94. The first kappa shape index (κ1) is 23.1. The first-order chi connectivity index (χ1) is 15.2. The molecule has 0 aliphatic carbocycles. The number of methoxy groups -OCH3 is 1. The number of nitrogens with one attached hydrogen (secondary N) is 1. The van der Waals surface area contributed by atoms with Gasteiger partial charge in [0, 0.05) is 23.9 Å². The number of nitrogens with zero attached hydrogens (tertiary/aromatic N) is 2. The van der Waals surface area contributed by atoms with E-state index in [9.17, 15) is 22.8 Å². The maximum Gasteiger partial charge on any atom is 0.433 e. The van der Waals surface area contributed by atoms with Crippen molar-refractivity contribution < 1.29 is 36.7 Å². The number of hydrogen-bond acceptors (Lipinski definition) is 7. The number of rotatable bonds is 7. The fourth-order valence-corrected chi connectivity index (χ4v) is 3.05. The maximum absolute atomic E-state index is 13.2. The average Bonchev–Trinajstić information content (AvgIpc) is 3.15. The summed E-state index contributed by atoms with van der Waals surface area (Å²) in [6, 6.07) is 5.08. The largest absolute Gasteiger partial charge is 0.494 e. The molecule has 0 unspecified atom stereocenters. The van der Waals surface area contributed by atoms with Gasteiger partial charge in [-0.05, 0) is 31.2 Å². The number of esters is 1. The topological polar surface area (TPSA) is 104 Å². The number of alkyl halides is 3. The smallest absolute Gasteiger partial charge is 0.433 e. The highest BCUT2D eigenvalue weighted by Crippen LogP contribution is 2.37. The fraction of sp³-hybridized carbons (Fsp3) is 0.300. The number of carbonyl (C=O) groups excluding carboxylic acids is 2. The number of aromatic nitrogens is 2. The predicted octanol–water partition coefficient (Wildman–Crippen LogP) is 2.98. The predicted molar refractivity (Wildman–Crippen MR) is 110 cm³/mol. The number of fused-ring (bicyclic) bond motifs is 1. The minimum Gasteiger partial charge on any atom is -0.494 e. The van der Waals surface area contributed by atoms with Crippen molar-refractivity contribution in [2.45, 2.75) is 19.5 Å². The van der Waals surface area contributed by atoms with E-state index in [4.69, 9.17) is 13.9 Å². The molecule has 2 aromatic heterocycles. The van der Waals surface area contributed by atoms with Crippen LogP contribution in [0.2, 0.25) is 0 Å². The highest BCUT2D eigenvalue weighted by molar-refractivity contribution is 6.57. The van der Waals surface area contributed by atoms with Crippen molar-refractivity contribution in [2.75, 3.05) is 20.3 Å². The lowest BCUT2D eigenvalue weighted by Crippen LogP contribution is -2.24. The molecule has 0 bridgehead atoms. The van der Waals surface area contributed by atoms with Gasteiger partial charge in [0.25, 0.3) is 0 Å². The van der Waals surface area contributed by atoms with E-state index in [0.29, 0.717) is 10.9 Å². The minimum absolute atomic E-state index is 0.0000831. The number of hydrogen-bond donors (Lipinski definition) is 1. The Labute approximate surface area is 181 Å². The summed E-state index contributed by atoms with van der Waals surface area (Å²) in [4.78, 5) is 31.4. The van der Waals surface area contributed by atoms with E-state index in [2.05, 4.69) is 15.3 Å². The second kappa shape index (κ2) is 9.29. The number of benzene rings is 1. The summed E-state index contributed by atoms with van der Waals surface area (Å²) in [5.41, 5.74) is -0.860. The Morgan fingerprint density at radius 1 is 1.19 bits per heavy atom. The van der Waals surface area contributed by atoms with Crippen LogP contribution in [0.15, 0.2) is 28.7 Å². The molecule has 0 aliphatic heterocycles. The molecular weight excluding hydrogens is 430 g/mol. The van der Waals surface area contributed by atoms with Gasteiger partial charge in [-0.3, -0.25) is 4.79 Å². The van der Waals surface area contributed by atoms with Gasteiger partial charge < -0.3 is 19.2 Å². The molecular formula is C20H19BF3N3O5. The zero-order valence-corrected chi connectivity index (χ0v) is 17.5. The van der Waals surface area contributed by atoms with E-state index in [1.807, 2.05) is 0 Å². The van der Waals surface area contributed by atoms with Gasteiger partial charge in [0.15, 0.2) is 11.5 Å². The van der Waals surface area contributed by atoms with Crippen LogP contribution in [-0.2, 0) is 17.3 Å². The van der Waals surface area contributed by atoms with Gasteiger partial charge >= 0.3 is 12.1 Å². The van der Waals surface area contributed by atoms with Crippen LogP contribution in [0.25, 0.3) is 22.4 Å². The van der Waals surface area contributed by atoms with Crippen LogP contribution < -0.4 is 10.1 Å². The van der Waals surface area contributed by atoms with Crippen molar-refractivity contribution in [1.29, 1.82) is 0 Å². The van der Waals surface area contributed by atoms with E-state index < -0.39 is 17.8 Å². The van der Waals surface area contributed by atoms with E-state index in [-0.39, 0.29) is 54.0 Å². The molecule has 0 aliphatic rings. The Bertz CT molecular complexity index is 1160. The Balaban J connectivity index is 2.12. The highest BCUT2D eigenvalue weighted by Gasteiger charge is 2.33. The third-order valence-electron chi connectivity index (χ3n) is 4.45. The second-order valence-electron chi connectivity index (χ2n) is 6.65. The van der Waals surface area contributed by atoms with E-state index in [1.165, 1.54) is 27.1 Å². The summed E-state index contributed by atoms with van der Waals surface area (Å²) in [5.74, 6) is -0.653. The van der Waals surface area contributed by atoms with E-state index in [0.717, 1.165) is 6.07 Å². The molecule has 12 heteroatoms. The van der Waals surface area contributed by atoms with Gasteiger partial charge in [0.1, 0.15) is 22.7 Å². The van der Waals surface area contributed by atoms with Crippen LogP contribution >= 0.6 is 0 Å². The standard InChI is InChI=1S/C20H19BF3N3O5/c1-3-31-18(28)16-13(8-9-25-19(21)29)32-17(27-16)11-4-6-12(30-2)15-10(11)5-7-14(26-15)20(22,23)24/h4-7H,3,8-9,21H2,1-2H3,(H,25,29). The molecule has 1 N–H and O–H groups in total. The molecule has 0 fully saturated rings. The van der Waals surface area contributed by atoms with Crippen molar-refractivity contribution >= 4 is 30.5 Å². The SMILES string of the molecule is BC(=O)NCCc1oc(-c2ccc(OC)c3nc(C(F)(F)F)ccc23)nc1C(=O)OCC. The van der Waals surface area contributed by atoms with Crippen LogP contribution in [0.3, 0.4) is 0 Å². The van der Waals surface area contributed by atoms with Crippen molar-refractivity contribution in [3.63, 3.8) is 0 Å². The molecule has 3 rings (SSSR count). The van der Waals surface area contributed by atoms with Gasteiger partial charge in [-0.25, -0.2) is 14.8 Å². The van der Waals surface area contributed by atoms with Crippen molar-refractivity contribution in [1.82, 2.24) is 15.3 Å². The average molecular weight is 449 g/mol. The highest BCUT2D eigenvalue weighted by atomic mass is 19.4. The summed E-state index contributed by atoms with van der Waals surface area (Å²) in [6.07, 6.45) is -4.47. The zero-order chi connectivity index (χ0) is 23.5. The molecule has 0 saturated heterocycles. The lowest BCUT2D eigenvalue weighted by Gasteiger charge is -2.11. The lowest BCUT2D eigenvalue weighted by molar-refractivity contribution is -0.140. The Morgan fingerprint density at radius 3 is 2.56 bits per heavy atom. The van der Waals surface area contributed by atoms with Gasteiger partial charge in [0.05, 0.1) is 13.7 Å². The molecule has 0 atom stereocenters. The first-order valence-electron chi connectivity index (χ1n) is 9.62. The van der Waals surface area contributed by atoms with Crippen LogP contribution in [0, 0.1) is 0 Å². The Kier molecular flexibility index (Phi) is 6.71. The number of oxazole rings is 1. The molecule has 0 spiro atoms. The maximum atomic E-state index is 13.2. The zero-order valence-electron chi connectivity index (χ0n) is 17.5. The van der Waals surface area contributed by atoms with Crippen molar-refractivity contribution in [3.05, 3.63) is 41.4 Å². The third-order valence-corrected chi connectivity index (χ3v) is 4.45. The molecule has 1 aromatic carbocycles. The Hall–Kier alpha value is -3.57. The summed E-state index contributed by atoms with van der Waals surface area (Å²) in [5, 5.41) is 2.89.